The van der Waals surface area contributed by atoms with E-state index in [-0.39, 0.29) is 15.6 Å². The number of hydrogen-bond acceptors (Lipinski definition) is 4. The maximum atomic E-state index is 11.7. The van der Waals surface area contributed by atoms with Crippen molar-refractivity contribution < 1.29 is 22.9 Å². The van der Waals surface area contributed by atoms with Gasteiger partial charge in [0, 0.05) is 6.07 Å². The Balaban J connectivity index is 3.27. The first-order valence-electron chi connectivity index (χ1n) is 4.33. The standard InChI is InChI=1S/C9H8Cl2O5S/c1-4(17(14,15)16)9(13)5-2-6(10)7(11)3-8(5)12/h2-4,12H,1H3,(H,14,15,16). The molecule has 1 aromatic rings. The van der Waals surface area contributed by atoms with Gasteiger partial charge < -0.3 is 5.11 Å². The van der Waals surface area contributed by atoms with Crippen molar-refractivity contribution in [2.75, 3.05) is 0 Å². The van der Waals surface area contributed by atoms with E-state index >= 15 is 0 Å². The Morgan fingerprint density at radius 1 is 1.29 bits per heavy atom. The molecule has 0 aliphatic rings. The van der Waals surface area contributed by atoms with Crippen LogP contribution < -0.4 is 0 Å². The number of benzene rings is 1. The van der Waals surface area contributed by atoms with Crippen LogP contribution >= 0.6 is 23.2 Å². The number of rotatable bonds is 3. The number of halogens is 2. The van der Waals surface area contributed by atoms with Gasteiger partial charge in [0.15, 0.2) is 5.78 Å². The number of phenols is 1. The van der Waals surface area contributed by atoms with Crippen LogP contribution in [0, 0.1) is 0 Å². The fourth-order valence-electron chi connectivity index (χ4n) is 1.09. The third-order valence-corrected chi connectivity index (χ3v) is 3.95. The second kappa shape index (κ2) is 4.81. The molecule has 0 heterocycles. The zero-order valence-corrected chi connectivity index (χ0v) is 10.8. The van der Waals surface area contributed by atoms with Crippen molar-refractivity contribution in [1.29, 1.82) is 0 Å². The Hall–Kier alpha value is -0.820. The summed E-state index contributed by atoms with van der Waals surface area (Å²) in [6.45, 7) is 1.000. The fraction of sp³-hybridized carbons (Fsp3) is 0.222. The van der Waals surface area contributed by atoms with E-state index in [9.17, 15) is 18.3 Å². The summed E-state index contributed by atoms with van der Waals surface area (Å²) >= 11 is 11.2. The monoisotopic (exact) mass is 298 g/mol. The molecule has 0 saturated carbocycles. The number of aromatic hydroxyl groups is 1. The smallest absolute Gasteiger partial charge is 0.275 e. The molecular formula is C9H8Cl2O5S. The van der Waals surface area contributed by atoms with Crippen molar-refractivity contribution in [2.45, 2.75) is 12.2 Å². The van der Waals surface area contributed by atoms with Gasteiger partial charge in [0.05, 0.1) is 15.6 Å². The summed E-state index contributed by atoms with van der Waals surface area (Å²) in [6, 6.07) is 2.07. The number of hydrogen-bond donors (Lipinski definition) is 2. The highest BCUT2D eigenvalue weighted by Crippen LogP contribution is 2.31. The summed E-state index contributed by atoms with van der Waals surface area (Å²) in [5.41, 5.74) is -0.315. The third-order valence-electron chi connectivity index (χ3n) is 2.12. The molecule has 0 amide bonds. The lowest BCUT2D eigenvalue weighted by Crippen LogP contribution is -2.26. The Labute approximate surface area is 108 Å². The molecule has 0 spiro atoms. The van der Waals surface area contributed by atoms with E-state index in [1.54, 1.807) is 0 Å². The predicted molar refractivity (Wildman–Crippen MR) is 63.5 cm³/mol. The highest BCUT2D eigenvalue weighted by atomic mass is 35.5. The second-order valence-electron chi connectivity index (χ2n) is 3.30. The Morgan fingerprint density at radius 2 is 1.76 bits per heavy atom. The number of ketones is 1. The molecule has 0 radical (unpaired) electrons. The highest BCUT2D eigenvalue weighted by Gasteiger charge is 2.29. The van der Waals surface area contributed by atoms with Crippen molar-refractivity contribution in [1.82, 2.24) is 0 Å². The molecule has 2 N–H and O–H groups in total. The van der Waals surface area contributed by atoms with E-state index in [0.717, 1.165) is 19.1 Å². The summed E-state index contributed by atoms with van der Waals surface area (Å²) in [4.78, 5) is 11.7. The summed E-state index contributed by atoms with van der Waals surface area (Å²) in [5, 5.41) is 7.79. The van der Waals surface area contributed by atoms with E-state index in [1.165, 1.54) is 0 Å². The Morgan fingerprint density at radius 3 is 2.24 bits per heavy atom. The van der Waals surface area contributed by atoms with Gasteiger partial charge in [-0.2, -0.15) is 8.42 Å². The van der Waals surface area contributed by atoms with Crippen LogP contribution in [0.1, 0.15) is 17.3 Å². The summed E-state index contributed by atoms with van der Waals surface area (Å²) in [5.74, 6) is -1.47. The summed E-state index contributed by atoms with van der Waals surface area (Å²) in [7, 11) is -4.53. The van der Waals surface area contributed by atoms with Crippen LogP contribution in [0.5, 0.6) is 5.75 Å². The molecular weight excluding hydrogens is 291 g/mol. The zero-order chi connectivity index (χ0) is 13.4. The lowest BCUT2D eigenvalue weighted by Gasteiger charge is -2.09. The minimum Gasteiger partial charge on any atom is -0.507 e. The van der Waals surface area contributed by atoms with E-state index in [0.29, 0.717) is 0 Å². The molecule has 0 aromatic heterocycles. The lowest BCUT2D eigenvalue weighted by atomic mass is 10.1. The first-order chi connectivity index (χ1) is 7.64. The van der Waals surface area contributed by atoms with Gasteiger partial charge in [0.1, 0.15) is 11.0 Å². The molecule has 5 nitrogen and oxygen atoms in total. The van der Waals surface area contributed by atoms with Crippen LogP contribution in [0.3, 0.4) is 0 Å². The number of Topliss-reactive ketones (excluding diaryl/α,β-unsaturated/α-hetero) is 1. The molecule has 0 aliphatic carbocycles. The third kappa shape index (κ3) is 3.10. The summed E-state index contributed by atoms with van der Waals surface area (Å²) < 4.78 is 30.3. The van der Waals surface area contributed by atoms with Crippen molar-refractivity contribution in [3.63, 3.8) is 0 Å². The average molecular weight is 299 g/mol. The Bertz CT molecular complexity index is 567. The van der Waals surface area contributed by atoms with Crippen LogP contribution in [-0.2, 0) is 10.1 Å². The topological polar surface area (TPSA) is 91.7 Å². The van der Waals surface area contributed by atoms with E-state index in [4.69, 9.17) is 27.8 Å². The summed E-state index contributed by atoms with van der Waals surface area (Å²) in [6.07, 6.45) is 0. The van der Waals surface area contributed by atoms with Crippen LogP contribution in [0.25, 0.3) is 0 Å². The zero-order valence-electron chi connectivity index (χ0n) is 8.52. The van der Waals surface area contributed by atoms with Gasteiger partial charge in [-0.15, -0.1) is 0 Å². The molecule has 0 saturated heterocycles. The highest BCUT2D eigenvalue weighted by molar-refractivity contribution is 7.87. The van der Waals surface area contributed by atoms with Crippen LogP contribution in [0.15, 0.2) is 12.1 Å². The molecule has 1 atom stereocenters. The molecule has 0 fully saturated rings. The molecule has 8 heteroatoms. The molecule has 1 rings (SSSR count). The SMILES string of the molecule is CC(C(=O)c1cc(Cl)c(Cl)cc1O)S(=O)(=O)O. The minimum absolute atomic E-state index is 0.00430. The minimum atomic E-state index is -4.53. The molecule has 94 valence electrons. The van der Waals surface area contributed by atoms with E-state index < -0.39 is 26.9 Å². The van der Waals surface area contributed by atoms with Gasteiger partial charge >= 0.3 is 0 Å². The first-order valence-corrected chi connectivity index (χ1v) is 6.59. The van der Waals surface area contributed by atoms with Crippen LogP contribution in [0.2, 0.25) is 10.0 Å². The van der Waals surface area contributed by atoms with Crippen LogP contribution in [-0.4, -0.2) is 29.1 Å². The van der Waals surface area contributed by atoms with Gasteiger partial charge in [0.2, 0.25) is 0 Å². The molecule has 0 aliphatic heterocycles. The molecule has 17 heavy (non-hydrogen) atoms. The molecule has 1 unspecified atom stereocenters. The van der Waals surface area contributed by atoms with Crippen molar-refractivity contribution >= 4 is 39.1 Å². The van der Waals surface area contributed by atoms with Gasteiger partial charge in [0.25, 0.3) is 10.1 Å². The van der Waals surface area contributed by atoms with Gasteiger partial charge in [-0.3, -0.25) is 9.35 Å². The Kier molecular flexibility index (Phi) is 4.03. The van der Waals surface area contributed by atoms with Crippen LogP contribution in [0.4, 0.5) is 0 Å². The molecule has 1 aromatic carbocycles. The number of phenolic OH excluding ortho intramolecular Hbond substituents is 1. The average Bonchev–Trinajstić information content (AvgIpc) is 2.20. The van der Waals surface area contributed by atoms with Crippen molar-refractivity contribution in [3.05, 3.63) is 27.7 Å². The lowest BCUT2D eigenvalue weighted by molar-refractivity contribution is 0.0986. The fourth-order valence-corrected chi connectivity index (χ4v) is 1.81. The largest absolute Gasteiger partial charge is 0.507 e. The molecule has 0 bridgehead atoms. The number of carbonyl (C=O) groups is 1. The van der Waals surface area contributed by atoms with Gasteiger partial charge in [-0.25, -0.2) is 0 Å². The van der Waals surface area contributed by atoms with E-state index in [1.807, 2.05) is 0 Å². The normalized spacial score (nSPS) is 13.4. The number of carbonyl (C=O) groups excluding carboxylic acids is 1. The maximum absolute atomic E-state index is 11.7. The van der Waals surface area contributed by atoms with Gasteiger partial charge in [-0.05, 0) is 13.0 Å². The second-order valence-corrected chi connectivity index (χ2v) is 5.86. The predicted octanol–water partition coefficient (Wildman–Crippen LogP) is 2.16. The van der Waals surface area contributed by atoms with Crippen molar-refractivity contribution in [3.8, 4) is 5.75 Å². The van der Waals surface area contributed by atoms with Gasteiger partial charge in [-0.1, -0.05) is 23.2 Å². The van der Waals surface area contributed by atoms with Crippen molar-refractivity contribution in [2.24, 2.45) is 0 Å². The quantitative estimate of drug-likeness (QED) is 0.659. The first kappa shape index (κ1) is 14.2. The van der Waals surface area contributed by atoms with E-state index in [2.05, 4.69) is 0 Å². The maximum Gasteiger partial charge on any atom is 0.275 e.